The minimum Gasteiger partial charge on any atom is -0.440 e. The molecule has 0 bridgehead atoms. The van der Waals surface area contributed by atoms with Crippen LogP contribution in [-0.2, 0) is 6.42 Å². The van der Waals surface area contributed by atoms with Gasteiger partial charge in [-0.2, -0.15) is 5.10 Å². The van der Waals surface area contributed by atoms with Crippen molar-refractivity contribution in [2.75, 3.05) is 22.4 Å². The second kappa shape index (κ2) is 15.6. The number of carbonyl (C=O) groups excluding carboxylic acids is 1. The van der Waals surface area contributed by atoms with Gasteiger partial charge in [-0.25, -0.2) is 14.1 Å². The largest absolute Gasteiger partial charge is 0.440 e. The lowest BCUT2D eigenvalue weighted by Gasteiger charge is -2.27. The molecular formula is C33H42FN6O3PS. The number of allylic oxidation sites excluding steroid dienone is 3. The van der Waals surface area contributed by atoms with Gasteiger partial charge in [0.1, 0.15) is 5.82 Å². The van der Waals surface area contributed by atoms with Crippen LogP contribution in [0.3, 0.4) is 0 Å². The number of anilines is 3. The molecular weight excluding hydrogens is 610 g/mol. The van der Waals surface area contributed by atoms with E-state index in [9.17, 15) is 14.3 Å². The molecule has 2 aromatic carbocycles. The lowest BCUT2D eigenvalue weighted by Crippen LogP contribution is -2.34. The molecule has 0 saturated carbocycles. The molecule has 1 aliphatic heterocycles. The van der Waals surface area contributed by atoms with Gasteiger partial charge in [-0.15, -0.1) is 9.24 Å². The van der Waals surface area contributed by atoms with Crippen molar-refractivity contribution in [2.45, 2.75) is 71.6 Å². The van der Waals surface area contributed by atoms with Gasteiger partial charge in [-0.05, 0) is 87.2 Å². The molecule has 5 N–H and O–H groups in total. The van der Waals surface area contributed by atoms with Gasteiger partial charge < -0.3 is 25.6 Å². The summed E-state index contributed by atoms with van der Waals surface area (Å²) in [5.74, 6) is -0.131. The van der Waals surface area contributed by atoms with Crippen molar-refractivity contribution in [1.29, 1.82) is 0 Å². The number of Topliss-reactive ketones (excluding diaryl/α,β-unsaturated/α-hetero) is 1. The summed E-state index contributed by atoms with van der Waals surface area (Å²) in [6.07, 6.45) is 7.96. The fraction of sp³-hybridized carbons (Fsp3) is 0.364. The molecule has 2 heterocycles. The summed E-state index contributed by atoms with van der Waals surface area (Å²) in [7, 11) is 2.44. The monoisotopic (exact) mass is 652 g/mol. The SMILES string of the molecule is C/C=C(C)\C(=C/N=C(C)Oc1c(F)cccc1P)n1ncc(C(=O)C2CCc3cc(C)c(NSC(CC)CCO)cc3N2)c1N. The molecule has 0 saturated heterocycles. The Labute approximate surface area is 270 Å². The Bertz CT molecular complexity index is 1620. The third-order valence-corrected chi connectivity index (χ3v) is 9.49. The van der Waals surface area contributed by atoms with E-state index >= 15 is 0 Å². The van der Waals surface area contributed by atoms with E-state index in [0.717, 1.165) is 47.3 Å². The summed E-state index contributed by atoms with van der Waals surface area (Å²) in [6.45, 7) is 9.72. The van der Waals surface area contributed by atoms with Gasteiger partial charge in [0, 0.05) is 35.5 Å². The summed E-state index contributed by atoms with van der Waals surface area (Å²) in [5.41, 5.74) is 12.4. The number of fused-ring (bicyclic) bond motifs is 1. The van der Waals surface area contributed by atoms with E-state index in [2.05, 4.69) is 55.3 Å². The summed E-state index contributed by atoms with van der Waals surface area (Å²) < 4.78 is 24.9. The third kappa shape index (κ3) is 8.14. The maximum absolute atomic E-state index is 14.3. The topological polar surface area (TPSA) is 127 Å². The van der Waals surface area contributed by atoms with Gasteiger partial charge in [0.25, 0.3) is 0 Å². The number of nitrogens with zero attached hydrogens (tertiary/aromatic N) is 3. The van der Waals surface area contributed by atoms with Gasteiger partial charge in [-0.1, -0.05) is 31.2 Å². The highest BCUT2D eigenvalue weighted by atomic mass is 32.2. The normalized spacial score (nSPS) is 16.2. The van der Waals surface area contributed by atoms with E-state index in [4.69, 9.17) is 10.5 Å². The second-order valence-electron chi connectivity index (χ2n) is 10.9. The van der Waals surface area contributed by atoms with Crippen molar-refractivity contribution in [2.24, 2.45) is 4.99 Å². The van der Waals surface area contributed by atoms with Gasteiger partial charge in [0.2, 0.25) is 0 Å². The highest BCUT2D eigenvalue weighted by Crippen LogP contribution is 2.34. The van der Waals surface area contributed by atoms with E-state index in [-0.39, 0.29) is 29.9 Å². The molecule has 0 radical (unpaired) electrons. The average molecular weight is 653 g/mol. The van der Waals surface area contributed by atoms with Crippen LogP contribution in [0.25, 0.3) is 5.70 Å². The van der Waals surface area contributed by atoms with Gasteiger partial charge in [0.05, 0.1) is 29.7 Å². The van der Waals surface area contributed by atoms with Crippen LogP contribution >= 0.6 is 21.2 Å². The zero-order chi connectivity index (χ0) is 32.7. The first kappa shape index (κ1) is 34.2. The number of rotatable bonds is 12. The number of hydrogen-bond donors (Lipinski definition) is 4. The number of para-hydroxylation sites is 1. The fourth-order valence-electron chi connectivity index (χ4n) is 4.97. The molecule has 12 heteroatoms. The number of carbonyl (C=O) groups is 1. The smallest absolute Gasteiger partial charge is 0.191 e. The maximum Gasteiger partial charge on any atom is 0.191 e. The number of ether oxygens (including phenoxy) is 1. The van der Waals surface area contributed by atoms with E-state index in [1.807, 2.05) is 19.9 Å². The molecule has 1 aromatic heterocycles. The maximum atomic E-state index is 14.3. The Morgan fingerprint density at radius 2 is 2.18 bits per heavy atom. The number of ketones is 1. The number of aliphatic imine (C=N–C) groups is 1. The number of aryl methyl sites for hydroxylation is 2. The zero-order valence-electron chi connectivity index (χ0n) is 26.4. The molecule has 1 aliphatic rings. The van der Waals surface area contributed by atoms with Crippen LogP contribution in [0.15, 0.2) is 59.4 Å². The van der Waals surface area contributed by atoms with Crippen molar-refractivity contribution in [3.05, 3.63) is 76.9 Å². The minimum atomic E-state index is -0.492. The molecule has 0 aliphatic carbocycles. The standard InChI is InChI=1S/C33H42FN6O3PS/c1-6-19(3)29(18-36-21(5)43-32-25(34)9-8-10-30(32)44)40-33(35)24(17-37-40)31(42)26-12-11-22-15-20(4)27(16-28(22)38-26)39-45-23(7-2)13-14-41/h6,8-10,15-18,23,26,38-39,41H,7,11-14,35,44H2,1-5H3/b19-6-,29-18+,36-21?. The summed E-state index contributed by atoms with van der Waals surface area (Å²) >= 11 is 1.61. The van der Waals surface area contributed by atoms with E-state index in [0.29, 0.717) is 28.2 Å². The number of nitrogens with one attached hydrogen (secondary N) is 2. The first-order valence-corrected chi connectivity index (χ1v) is 16.4. The molecule has 0 amide bonds. The van der Waals surface area contributed by atoms with Crippen LogP contribution in [0.2, 0.25) is 0 Å². The van der Waals surface area contributed by atoms with Crippen molar-refractivity contribution >= 4 is 61.1 Å². The second-order valence-corrected chi connectivity index (χ2v) is 12.7. The van der Waals surface area contributed by atoms with E-state index < -0.39 is 11.9 Å². The Morgan fingerprint density at radius 3 is 2.87 bits per heavy atom. The summed E-state index contributed by atoms with van der Waals surface area (Å²) in [6, 6.07) is 8.38. The predicted molar refractivity (Wildman–Crippen MR) is 188 cm³/mol. The van der Waals surface area contributed by atoms with Crippen LogP contribution < -0.4 is 25.8 Å². The quantitative estimate of drug-likeness (QED) is 0.0436. The Hall–Kier alpha value is -3.66. The minimum absolute atomic E-state index is 0.0816. The Kier molecular flexibility index (Phi) is 11.8. The lowest BCUT2D eigenvalue weighted by molar-refractivity contribution is 0.0965. The third-order valence-electron chi connectivity index (χ3n) is 7.79. The number of hydrogen-bond acceptors (Lipinski definition) is 9. The van der Waals surface area contributed by atoms with Crippen LogP contribution in [0.5, 0.6) is 5.75 Å². The van der Waals surface area contributed by atoms with Crippen molar-refractivity contribution < 1.29 is 19.0 Å². The van der Waals surface area contributed by atoms with E-state index in [1.165, 1.54) is 16.9 Å². The number of aliphatic hydroxyl groups excluding tert-OH is 1. The molecule has 3 aromatic rings. The van der Waals surface area contributed by atoms with Crippen molar-refractivity contribution in [1.82, 2.24) is 9.78 Å². The zero-order valence-corrected chi connectivity index (χ0v) is 28.3. The first-order valence-electron chi connectivity index (χ1n) is 15.0. The molecule has 0 spiro atoms. The molecule has 0 fully saturated rings. The summed E-state index contributed by atoms with van der Waals surface area (Å²) in [5, 5.41) is 18.1. The highest BCUT2D eigenvalue weighted by molar-refractivity contribution is 8.01. The molecule has 3 unspecified atom stereocenters. The van der Waals surface area contributed by atoms with Crippen molar-refractivity contribution in [3.8, 4) is 5.75 Å². The van der Waals surface area contributed by atoms with Crippen LogP contribution in [-0.4, -0.2) is 44.5 Å². The Balaban J connectivity index is 1.54. The highest BCUT2D eigenvalue weighted by Gasteiger charge is 2.29. The van der Waals surface area contributed by atoms with Crippen LogP contribution in [0.4, 0.5) is 21.6 Å². The number of benzene rings is 2. The molecule has 45 heavy (non-hydrogen) atoms. The van der Waals surface area contributed by atoms with Gasteiger partial charge in [-0.3, -0.25) is 4.79 Å². The summed E-state index contributed by atoms with van der Waals surface area (Å²) in [4.78, 5) is 18.2. The fourth-order valence-corrected chi connectivity index (χ4v) is 6.18. The molecule has 3 atom stereocenters. The molecule has 240 valence electrons. The van der Waals surface area contributed by atoms with Crippen LogP contribution in [0.1, 0.15) is 68.4 Å². The molecule has 9 nitrogen and oxygen atoms in total. The molecule has 4 rings (SSSR count). The van der Waals surface area contributed by atoms with Crippen LogP contribution in [0, 0.1) is 12.7 Å². The van der Waals surface area contributed by atoms with Crippen molar-refractivity contribution in [3.63, 3.8) is 0 Å². The van der Waals surface area contributed by atoms with E-state index in [1.54, 1.807) is 37.2 Å². The number of aliphatic hydroxyl groups is 1. The number of aromatic nitrogens is 2. The number of nitrogens with two attached hydrogens (primary N) is 1. The first-order chi connectivity index (χ1) is 21.6. The number of nitrogen functional groups attached to an aromatic ring is 1. The predicted octanol–water partition coefficient (Wildman–Crippen LogP) is 6.51. The number of halogens is 1. The van der Waals surface area contributed by atoms with Gasteiger partial charge in [0.15, 0.2) is 23.2 Å². The Morgan fingerprint density at radius 1 is 1.40 bits per heavy atom. The lowest BCUT2D eigenvalue weighted by atomic mass is 9.92. The van der Waals surface area contributed by atoms with Gasteiger partial charge >= 0.3 is 0 Å². The average Bonchev–Trinajstić information content (AvgIpc) is 3.40.